The second-order valence-corrected chi connectivity index (χ2v) is 5.94. The Morgan fingerprint density at radius 2 is 1.91 bits per heavy atom. The molecule has 0 fully saturated rings. The zero-order valence-electron chi connectivity index (χ0n) is 12.5. The number of nitrogens with two attached hydrogens (primary N) is 1. The van der Waals surface area contributed by atoms with Crippen LogP contribution in [-0.4, -0.2) is 24.6 Å². The molecule has 23 heavy (non-hydrogen) atoms. The van der Waals surface area contributed by atoms with Gasteiger partial charge < -0.3 is 15.2 Å². The Labute approximate surface area is 143 Å². The van der Waals surface area contributed by atoms with Crippen molar-refractivity contribution < 1.29 is 13.9 Å². The van der Waals surface area contributed by atoms with Crippen molar-refractivity contribution in [1.82, 2.24) is 0 Å². The van der Waals surface area contributed by atoms with Crippen LogP contribution >= 0.6 is 23.4 Å². The lowest BCUT2D eigenvalue weighted by atomic mass is 10.3. The molecular weight excluding hydrogens is 339 g/mol. The number of rotatable bonds is 6. The zero-order chi connectivity index (χ0) is 16.7. The molecule has 2 rings (SSSR count). The molecule has 4 nitrogen and oxygen atoms in total. The minimum Gasteiger partial charge on any atom is -0.497 e. The number of benzene rings is 2. The van der Waals surface area contributed by atoms with Crippen LogP contribution < -0.4 is 15.2 Å². The quantitative estimate of drug-likeness (QED) is 0.478. The molecule has 0 bridgehead atoms. The molecule has 0 aromatic heterocycles. The number of amidine groups is 1. The summed E-state index contributed by atoms with van der Waals surface area (Å²) >= 11 is 7.04. The zero-order valence-corrected chi connectivity index (χ0v) is 14.0. The normalized spacial score (nSPS) is 11.3. The third-order valence-electron chi connectivity index (χ3n) is 2.80. The topological polar surface area (TPSA) is 56.8 Å². The van der Waals surface area contributed by atoms with E-state index in [4.69, 9.17) is 26.8 Å². The van der Waals surface area contributed by atoms with E-state index in [-0.39, 0.29) is 5.02 Å². The smallest absolute Gasteiger partial charge is 0.159 e. The summed E-state index contributed by atoms with van der Waals surface area (Å²) in [6.07, 6.45) is 0. The number of thioether (sulfide) groups is 1. The van der Waals surface area contributed by atoms with E-state index in [0.717, 1.165) is 11.5 Å². The monoisotopic (exact) mass is 354 g/mol. The number of halogens is 2. The van der Waals surface area contributed by atoms with E-state index in [0.29, 0.717) is 23.2 Å². The van der Waals surface area contributed by atoms with E-state index in [1.165, 1.54) is 30.0 Å². The molecule has 2 aromatic rings. The van der Waals surface area contributed by atoms with Gasteiger partial charge in [0, 0.05) is 5.75 Å². The van der Waals surface area contributed by atoms with Gasteiger partial charge >= 0.3 is 0 Å². The molecule has 0 unspecified atom stereocenters. The Bertz CT molecular complexity index is 680. The molecule has 0 saturated heterocycles. The maximum Gasteiger partial charge on any atom is 0.159 e. The van der Waals surface area contributed by atoms with Crippen LogP contribution in [0.2, 0.25) is 5.02 Å². The van der Waals surface area contributed by atoms with Crippen LogP contribution in [0.3, 0.4) is 0 Å². The molecule has 0 spiro atoms. The molecule has 0 heterocycles. The van der Waals surface area contributed by atoms with Crippen molar-refractivity contribution in [3.63, 3.8) is 0 Å². The van der Waals surface area contributed by atoms with Gasteiger partial charge in [-0.15, -0.1) is 0 Å². The predicted octanol–water partition coefficient (Wildman–Crippen LogP) is 4.25. The van der Waals surface area contributed by atoms with Gasteiger partial charge in [0.1, 0.15) is 17.3 Å². The van der Waals surface area contributed by atoms with Crippen molar-refractivity contribution in [2.24, 2.45) is 10.7 Å². The van der Waals surface area contributed by atoms with E-state index in [1.807, 2.05) is 24.3 Å². The van der Waals surface area contributed by atoms with Crippen LogP contribution in [0.5, 0.6) is 11.5 Å². The Hall–Kier alpha value is -1.92. The highest BCUT2D eigenvalue weighted by atomic mass is 35.5. The van der Waals surface area contributed by atoms with Crippen molar-refractivity contribution >= 4 is 34.2 Å². The lowest BCUT2D eigenvalue weighted by molar-refractivity contribution is 0.343. The van der Waals surface area contributed by atoms with Crippen LogP contribution in [-0.2, 0) is 0 Å². The molecule has 0 amide bonds. The van der Waals surface area contributed by atoms with Crippen LogP contribution in [0.15, 0.2) is 47.5 Å². The molecule has 0 aliphatic heterocycles. The summed E-state index contributed by atoms with van der Waals surface area (Å²) in [7, 11) is 1.61. The maximum atomic E-state index is 13.1. The van der Waals surface area contributed by atoms with E-state index < -0.39 is 5.82 Å². The number of hydrogen-bond donors (Lipinski definition) is 1. The second-order valence-electron chi connectivity index (χ2n) is 4.42. The maximum absolute atomic E-state index is 13.1. The van der Waals surface area contributed by atoms with Crippen molar-refractivity contribution in [2.75, 3.05) is 19.5 Å². The Kier molecular flexibility index (Phi) is 6.55. The van der Waals surface area contributed by atoms with Crippen molar-refractivity contribution in [3.05, 3.63) is 53.3 Å². The highest BCUT2D eigenvalue weighted by Crippen LogP contribution is 2.22. The summed E-state index contributed by atoms with van der Waals surface area (Å²) in [6.45, 7) is 0.484. The first-order valence-electron chi connectivity index (χ1n) is 6.77. The number of nitrogens with zero attached hydrogens (tertiary/aromatic N) is 1. The van der Waals surface area contributed by atoms with Gasteiger partial charge in [-0.1, -0.05) is 23.4 Å². The van der Waals surface area contributed by atoms with Gasteiger partial charge in [-0.2, -0.15) is 0 Å². The molecule has 7 heteroatoms. The summed E-state index contributed by atoms with van der Waals surface area (Å²) in [5.41, 5.74) is 6.33. The standard InChI is InChI=1S/C16H16ClFN2O2S/c1-21-12-3-5-13(6-4-12)22-8-9-23-16(19)20-11-2-7-15(18)14(17)10-11/h2-7,10H,8-9H2,1H3,(H2,19,20). The number of ether oxygens (including phenoxy) is 2. The molecular formula is C16H16ClFN2O2S. The first kappa shape index (κ1) is 17.4. The molecule has 0 aliphatic rings. The summed E-state index contributed by atoms with van der Waals surface area (Å²) < 4.78 is 23.7. The summed E-state index contributed by atoms with van der Waals surface area (Å²) in [4.78, 5) is 4.16. The van der Waals surface area contributed by atoms with Crippen molar-refractivity contribution in [3.8, 4) is 11.5 Å². The van der Waals surface area contributed by atoms with E-state index in [9.17, 15) is 4.39 Å². The average molecular weight is 355 g/mol. The van der Waals surface area contributed by atoms with Crippen LogP contribution in [0.25, 0.3) is 0 Å². The van der Waals surface area contributed by atoms with Crippen molar-refractivity contribution in [1.29, 1.82) is 0 Å². The van der Waals surface area contributed by atoms with Gasteiger partial charge in [0.05, 0.1) is 24.4 Å². The largest absolute Gasteiger partial charge is 0.497 e. The molecule has 0 atom stereocenters. The Balaban J connectivity index is 1.78. The summed E-state index contributed by atoms with van der Waals surface area (Å²) in [6, 6.07) is 11.5. The third-order valence-corrected chi connectivity index (χ3v) is 3.85. The first-order valence-corrected chi connectivity index (χ1v) is 8.13. The molecule has 122 valence electrons. The SMILES string of the molecule is COc1ccc(OCCSC(N)=Nc2ccc(F)c(Cl)c2)cc1. The fourth-order valence-corrected chi connectivity index (χ4v) is 2.41. The predicted molar refractivity (Wildman–Crippen MR) is 93.6 cm³/mol. The van der Waals surface area contributed by atoms with Gasteiger partial charge in [0.25, 0.3) is 0 Å². The van der Waals surface area contributed by atoms with Crippen molar-refractivity contribution in [2.45, 2.75) is 0 Å². The lowest BCUT2D eigenvalue weighted by Crippen LogP contribution is -2.10. The first-order chi connectivity index (χ1) is 11.1. The fraction of sp³-hybridized carbons (Fsp3) is 0.188. The Morgan fingerprint density at radius 1 is 1.22 bits per heavy atom. The van der Waals surface area contributed by atoms with Gasteiger partial charge in [-0.25, -0.2) is 9.38 Å². The van der Waals surface area contributed by atoms with E-state index in [1.54, 1.807) is 7.11 Å². The molecule has 0 aliphatic carbocycles. The van der Waals surface area contributed by atoms with Crippen LogP contribution in [0.1, 0.15) is 0 Å². The van der Waals surface area contributed by atoms with Crippen LogP contribution in [0, 0.1) is 5.82 Å². The molecule has 0 saturated carbocycles. The highest BCUT2D eigenvalue weighted by Gasteiger charge is 2.02. The van der Waals surface area contributed by atoms with E-state index >= 15 is 0 Å². The lowest BCUT2D eigenvalue weighted by Gasteiger charge is -2.07. The summed E-state index contributed by atoms with van der Waals surface area (Å²) in [5, 5.41) is 0.387. The highest BCUT2D eigenvalue weighted by molar-refractivity contribution is 8.13. The van der Waals surface area contributed by atoms with Gasteiger partial charge in [0.15, 0.2) is 5.17 Å². The van der Waals surface area contributed by atoms with Crippen LogP contribution in [0.4, 0.5) is 10.1 Å². The number of hydrogen-bond acceptors (Lipinski definition) is 4. The number of aliphatic imine (C=N–C) groups is 1. The fourth-order valence-electron chi connectivity index (χ4n) is 1.69. The van der Waals surface area contributed by atoms with E-state index in [2.05, 4.69) is 4.99 Å². The minimum absolute atomic E-state index is 0.0203. The molecule has 0 radical (unpaired) electrons. The number of methoxy groups -OCH3 is 1. The minimum atomic E-state index is -0.482. The van der Waals surface area contributed by atoms with Gasteiger partial charge in [0.2, 0.25) is 0 Å². The molecule has 2 aromatic carbocycles. The molecule has 2 N–H and O–H groups in total. The third kappa shape index (κ3) is 5.65. The second kappa shape index (κ2) is 8.64. The average Bonchev–Trinajstić information content (AvgIpc) is 2.55. The van der Waals surface area contributed by atoms with Gasteiger partial charge in [-0.05, 0) is 42.5 Å². The summed E-state index contributed by atoms with van der Waals surface area (Å²) in [5.74, 6) is 1.69. The van der Waals surface area contributed by atoms with Gasteiger partial charge in [-0.3, -0.25) is 0 Å². The Morgan fingerprint density at radius 3 is 2.57 bits per heavy atom.